The van der Waals surface area contributed by atoms with Crippen molar-refractivity contribution in [2.45, 2.75) is 50.5 Å². The lowest BCUT2D eigenvalue weighted by Gasteiger charge is -2.29. The minimum atomic E-state index is -0.589. The molecular formula is C22H26Cl2N4O3S. The second kappa shape index (κ2) is 8.80. The van der Waals surface area contributed by atoms with Crippen molar-refractivity contribution in [3.63, 3.8) is 0 Å². The van der Waals surface area contributed by atoms with Crippen molar-refractivity contribution in [3.05, 3.63) is 45.1 Å². The third-order valence-electron chi connectivity index (χ3n) is 5.45. The lowest BCUT2D eigenvalue weighted by molar-refractivity contribution is -0.113. The molecule has 3 heterocycles. The van der Waals surface area contributed by atoms with Crippen molar-refractivity contribution in [1.82, 2.24) is 14.7 Å². The number of ether oxygens (including phenoxy) is 1. The first-order valence-electron chi connectivity index (χ1n) is 10.5. The molecule has 0 saturated carbocycles. The summed E-state index contributed by atoms with van der Waals surface area (Å²) >= 11 is 14.2. The van der Waals surface area contributed by atoms with Gasteiger partial charge in [0.05, 0.1) is 22.7 Å². The van der Waals surface area contributed by atoms with Gasteiger partial charge < -0.3 is 10.1 Å². The standard InChI is InChI=1S/C22H26Cl2N4O3S/c1-22(2,3)31-21(30)28-9-5-6-15(28)18-17-19(13-8-7-12(23)10-14(13)24)32-11-16(29)25-20(17)27(4)26-18/h7-8,10,15,19H,5-6,9,11H2,1-4H3,(H,25,29)/t15-,19?/m0/s1. The number of benzene rings is 1. The number of thioether (sulfide) groups is 1. The van der Waals surface area contributed by atoms with Crippen LogP contribution < -0.4 is 5.32 Å². The number of nitrogens with one attached hydrogen (secondary N) is 1. The van der Waals surface area contributed by atoms with Crippen LogP contribution in [-0.2, 0) is 16.6 Å². The second-order valence-electron chi connectivity index (χ2n) is 9.01. The molecule has 0 spiro atoms. The summed E-state index contributed by atoms with van der Waals surface area (Å²) in [5.41, 5.74) is 1.90. The van der Waals surface area contributed by atoms with Crippen molar-refractivity contribution in [2.24, 2.45) is 7.05 Å². The highest BCUT2D eigenvalue weighted by molar-refractivity contribution is 8.00. The van der Waals surface area contributed by atoms with Gasteiger partial charge in [-0.3, -0.25) is 14.4 Å². The molecule has 10 heteroatoms. The Balaban J connectivity index is 1.81. The minimum absolute atomic E-state index is 0.103. The van der Waals surface area contributed by atoms with Gasteiger partial charge in [-0.25, -0.2) is 4.79 Å². The molecule has 7 nitrogen and oxygen atoms in total. The first-order valence-corrected chi connectivity index (χ1v) is 12.3. The maximum Gasteiger partial charge on any atom is 0.410 e. The van der Waals surface area contributed by atoms with E-state index in [9.17, 15) is 9.59 Å². The quantitative estimate of drug-likeness (QED) is 0.587. The average Bonchev–Trinajstić information content (AvgIpc) is 3.23. The molecule has 1 aromatic heterocycles. The molecule has 2 amide bonds. The van der Waals surface area contributed by atoms with Gasteiger partial charge in [0.15, 0.2) is 0 Å². The first-order chi connectivity index (χ1) is 15.0. The molecule has 1 N–H and O–H groups in total. The van der Waals surface area contributed by atoms with Crippen LogP contribution in [0.1, 0.15) is 61.7 Å². The maximum absolute atomic E-state index is 12.9. The highest BCUT2D eigenvalue weighted by atomic mass is 35.5. The number of hydrogen-bond donors (Lipinski definition) is 1. The number of nitrogens with zero attached hydrogens (tertiary/aromatic N) is 3. The maximum atomic E-state index is 12.9. The molecule has 32 heavy (non-hydrogen) atoms. The van der Waals surface area contributed by atoms with Crippen LogP contribution in [0.5, 0.6) is 0 Å². The Labute approximate surface area is 201 Å². The van der Waals surface area contributed by atoms with Gasteiger partial charge in [0.1, 0.15) is 11.4 Å². The summed E-state index contributed by atoms with van der Waals surface area (Å²) in [6, 6.07) is 5.14. The Bertz CT molecular complexity index is 1070. The molecule has 0 bridgehead atoms. The minimum Gasteiger partial charge on any atom is -0.444 e. The molecule has 1 saturated heterocycles. The zero-order chi connectivity index (χ0) is 23.2. The van der Waals surface area contributed by atoms with Gasteiger partial charge in [-0.15, -0.1) is 11.8 Å². The predicted molar refractivity (Wildman–Crippen MR) is 128 cm³/mol. The van der Waals surface area contributed by atoms with E-state index in [1.807, 2.05) is 26.8 Å². The van der Waals surface area contributed by atoms with E-state index in [-0.39, 0.29) is 29.0 Å². The SMILES string of the molecule is Cn1nc([C@@H]2CCCN2C(=O)OC(C)(C)C)c2c1NC(=O)CSC2c1ccc(Cl)cc1Cl. The van der Waals surface area contributed by atoms with Crippen molar-refractivity contribution in [3.8, 4) is 0 Å². The molecular weight excluding hydrogens is 471 g/mol. The van der Waals surface area contributed by atoms with E-state index in [4.69, 9.17) is 33.0 Å². The van der Waals surface area contributed by atoms with Crippen molar-refractivity contribution in [1.29, 1.82) is 0 Å². The summed E-state index contributed by atoms with van der Waals surface area (Å²) in [5, 5.41) is 8.59. The average molecular weight is 497 g/mol. The number of anilines is 1. The molecule has 2 aliphatic heterocycles. The zero-order valence-electron chi connectivity index (χ0n) is 18.4. The normalized spacial score (nSPS) is 21.2. The molecule has 172 valence electrons. The summed E-state index contributed by atoms with van der Waals surface area (Å²) in [6.07, 6.45) is 1.26. The third kappa shape index (κ3) is 4.58. The van der Waals surface area contributed by atoms with Crippen LogP contribution in [0.25, 0.3) is 0 Å². The summed E-state index contributed by atoms with van der Waals surface area (Å²) in [7, 11) is 1.80. The topological polar surface area (TPSA) is 76.5 Å². The molecule has 1 unspecified atom stereocenters. The predicted octanol–water partition coefficient (Wildman–Crippen LogP) is 5.57. The van der Waals surface area contributed by atoms with Gasteiger partial charge >= 0.3 is 6.09 Å². The van der Waals surface area contributed by atoms with Gasteiger partial charge in [0.2, 0.25) is 5.91 Å². The van der Waals surface area contributed by atoms with E-state index in [2.05, 4.69) is 5.32 Å². The number of rotatable bonds is 2. The smallest absolute Gasteiger partial charge is 0.410 e. The first kappa shape index (κ1) is 23.3. The number of halogens is 2. The van der Waals surface area contributed by atoms with Crippen LogP contribution in [0.4, 0.5) is 10.6 Å². The van der Waals surface area contributed by atoms with Crippen LogP contribution in [0.3, 0.4) is 0 Å². The summed E-state index contributed by atoms with van der Waals surface area (Å²) < 4.78 is 7.33. The lowest BCUT2D eigenvalue weighted by atomic mass is 9.99. The monoisotopic (exact) mass is 496 g/mol. The Morgan fingerprint density at radius 3 is 2.75 bits per heavy atom. The van der Waals surface area contributed by atoms with Crippen LogP contribution in [0, 0.1) is 0 Å². The molecule has 0 aliphatic carbocycles. The van der Waals surface area contributed by atoms with Crippen LogP contribution in [0.15, 0.2) is 18.2 Å². The van der Waals surface area contributed by atoms with E-state index in [0.29, 0.717) is 22.4 Å². The molecule has 4 rings (SSSR count). The number of amides is 2. The highest BCUT2D eigenvalue weighted by Gasteiger charge is 2.40. The lowest BCUT2D eigenvalue weighted by Crippen LogP contribution is -2.36. The third-order valence-corrected chi connectivity index (χ3v) is 7.27. The number of carbonyl (C=O) groups is 2. The molecule has 1 fully saturated rings. The van der Waals surface area contributed by atoms with Gasteiger partial charge in [-0.2, -0.15) is 5.10 Å². The van der Waals surface area contributed by atoms with E-state index < -0.39 is 5.60 Å². The van der Waals surface area contributed by atoms with Crippen LogP contribution in [0.2, 0.25) is 10.0 Å². The number of aryl methyl sites for hydroxylation is 1. The molecule has 1 aromatic carbocycles. The number of carbonyl (C=O) groups excluding carboxylic acids is 2. The van der Waals surface area contributed by atoms with Gasteiger partial charge in [-0.05, 0) is 51.3 Å². The highest BCUT2D eigenvalue weighted by Crippen LogP contribution is 2.48. The van der Waals surface area contributed by atoms with Crippen LogP contribution >= 0.6 is 35.0 Å². The van der Waals surface area contributed by atoms with E-state index in [0.717, 1.165) is 29.7 Å². The van der Waals surface area contributed by atoms with Crippen LogP contribution in [-0.4, -0.2) is 44.6 Å². The van der Waals surface area contributed by atoms with Gasteiger partial charge in [-0.1, -0.05) is 29.3 Å². The second-order valence-corrected chi connectivity index (χ2v) is 10.9. The molecule has 0 radical (unpaired) electrons. The summed E-state index contributed by atoms with van der Waals surface area (Å²) in [4.78, 5) is 27.1. The van der Waals surface area contributed by atoms with Crippen molar-refractivity contribution < 1.29 is 14.3 Å². The molecule has 2 aromatic rings. The number of likely N-dealkylation sites (tertiary alicyclic amines) is 1. The fourth-order valence-electron chi connectivity index (χ4n) is 4.17. The Morgan fingerprint density at radius 2 is 2.06 bits per heavy atom. The van der Waals surface area contributed by atoms with E-state index >= 15 is 0 Å². The largest absolute Gasteiger partial charge is 0.444 e. The zero-order valence-corrected chi connectivity index (χ0v) is 20.8. The number of hydrogen-bond acceptors (Lipinski definition) is 5. The van der Waals surface area contributed by atoms with Crippen molar-refractivity contribution in [2.75, 3.05) is 17.6 Å². The van der Waals surface area contributed by atoms with Gasteiger partial charge in [0.25, 0.3) is 0 Å². The Kier molecular flexibility index (Phi) is 6.40. The fourth-order valence-corrected chi connectivity index (χ4v) is 5.93. The summed E-state index contributed by atoms with van der Waals surface area (Å²) in [6.45, 7) is 6.16. The molecule has 2 atom stereocenters. The number of fused-ring (bicyclic) bond motifs is 1. The van der Waals surface area contributed by atoms with E-state index in [1.165, 1.54) is 11.8 Å². The van der Waals surface area contributed by atoms with E-state index in [1.54, 1.807) is 28.8 Å². The fraction of sp³-hybridized carbons (Fsp3) is 0.500. The van der Waals surface area contributed by atoms with Gasteiger partial charge in [0, 0.05) is 29.2 Å². The van der Waals surface area contributed by atoms with Crippen molar-refractivity contribution >= 4 is 52.8 Å². The Hall–Kier alpha value is -1.90. The number of aromatic nitrogens is 2. The molecule has 2 aliphatic rings. The summed E-state index contributed by atoms with van der Waals surface area (Å²) in [5.74, 6) is 0.800. The Morgan fingerprint density at radius 1 is 1.31 bits per heavy atom.